The Bertz CT molecular complexity index is 276. The molecule has 1 rings (SSSR count). The van der Waals surface area contributed by atoms with E-state index in [0.29, 0.717) is 0 Å². The lowest BCUT2D eigenvalue weighted by atomic mass is 10.2. The van der Waals surface area contributed by atoms with Gasteiger partial charge in [-0.05, 0) is 6.42 Å². The van der Waals surface area contributed by atoms with Crippen molar-refractivity contribution < 1.29 is 19.8 Å². The first kappa shape index (κ1) is 12.2. The summed E-state index contributed by atoms with van der Waals surface area (Å²) in [6, 6.07) is 0. The predicted molar refractivity (Wildman–Crippen MR) is 51.9 cm³/mol. The Morgan fingerprint density at radius 1 is 1.21 bits per heavy atom. The molecule has 14 heavy (non-hydrogen) atoms. The largest absolute Gasteiger partial charge is 0.481 e. The zero-order valence-electron chi connectivity index (χ0n) is 7.64. The third kappa shape index (κ3) is 6.84. The second kappa shape index (κ2) is 6.65. The molecule has 0 aliphatic heterocycles. The molecule has 0 unspecified atom stereocenters. The van der Waals surface area contributed by atoms with Crippen LogP contribution in [0.1, 0.15) is 12.8 Å². The van der Waals surface area contributed by atoms with E-state index in [-0.39, 0.29) is 5.57 Å². The van der Waals surface area contributed by atoms with Gasteiger partial charge >= 0.3 is 11.9 Å². The van der Waals surface area contributed by atoms with Gasteiger partial charge in [-0.3, -0.25) is 4.79 Å². The third-order valence-corrected chi connectivity index (χ3v) is 1.32. The average molecular weight is 196 g/mol. The number of hydrogen-bond donors (Lipinski definition) is 2. The summed E-state index contributed by atoms with van der Waals surface area (Å²) < 4.78 is 0. The maximum atomic E-state index is 9.87. The standard InChI is InChI=1S/C5H6O4.C5H6/c1-3(5(8)9)2-4(6)7;1-2-4-5-3-1/h1-2H2,(H,6,7)(H,8,9);1-4H,5H2. The van der Waals surface area contributed by atoms with Gasteiger partial charge < -0.3 is 10.2 Å². The number of rotatable bonds is 3. The number of allylic oxidation sites excluding steroid dienone is 4. The highest BCUT2D eigenvalue weighted by atomic mass is 16.4. The van der Waals surface area contributed by atoms with Crippen LogP contribution in [0, 0.1) is 0 Å². The van der Waals surface area contributed by atoms with Crippen molar-refractivity contribution >= 4 is 11.9 Å². The summed E-state index contributed by atoms with van der Waals surface area (Å²) in [7, 11) is 0. The molecule has 0 saturated heterocycles. The van der Waals surface area contributed by atoms with E-state index >= 15 is 0 Å². The zero-order valence-corrected chi connectivity index (χ0v) is 7.64. The molecule has 0 amide bonds. The van der Waals surface area contributed by atoms with Gasteiger partial charge in [-0.2, -0.15) is 0 Å². The van der Waals surface area contributed by atoms with Crippen molar-refractivity contribution in [3.63, 3.8) is 0 Å². The van der Waals surface area contributed by atoms with Crippen LogP contribution in [0.25, 0.3) is 0 Å². The minimum atomic E-state index is -1.27. The Balaban J connectivity index is 0.000000280. The van der Waals surface area contributed by atoms with Crippen molar-refractivity contribution in [1.82, 2.24) is 0 Å². The van der Waals surface area contributed by atoms with Gasteiger partial charge in [-0.15, -0.1) is 0 Å². The van der Waals surface area contributed by atoms with Crippen LogP contribution in [0.3, 0.4) is 0 Å². The highest BCUT2D eigenvalue weighted by Gasteiger charge is 2.07. The van der Waals surface area contributed by atoms with Crippen molar-refractivity contribution in [1.29, 1.82) is 0 Å². The van der Waals surface area contributed by atoms with E-state index in [1.165, 1.54) is 0 Å². The molecule has 76 valence electrons. The van der Waals surface area contributed by atoms with Crippen LogP contribution in [0.5, 0.6) is 0 Å². The number of carbonyl (C=O) groups is 2. The highest BCUT2D eigenvalue weighted by Crippen LogP contribution is 1.95. The fourth-order valence-corrected chi connectivity index (χ4v) is 0.651. The van der Waals surface area contributed by atoms with Crippen LogP contribution in [0.4, 0.5) is 0 Å². The Kier molecular flexibility index (Phi) is 5.78. The average Bonchev–Trinajstić information content (AvgIpc) is 2.59. The molecule has 0 heterocycles. The summed E-state index contributed by atoms with van der Waals surface area (Å²) in [5.41, 5.74) is -0.303. The van der Waals surface area contributed by atoms with Gasteiger partial charge in [-0.25, -0.2) is 4.79 Å². The Hall–Kier alpha value is -1.84. The lowest BCUT2D eigenvalue weighted by molar-refractivity contribution is -0.139. The van der Waals surface area contributed by atoms with Crippen molar-refractivity contribution in [2.45, 2.75) is 12.8 Å². The molecule has 0 aromatic rings. The van der Waals surface area contributed by atoms with Crippen LogP contribution in [-0.2, 0) is 9.59 Å². The van der Waals surface area contributed by atoms with Gasteiger partial charge in [-0.1, -0.05) is 30.9 Å². The number of hydrogen-bond acceptors (Lipinski definition) is 2. The lowest BCUT2D eigenvalue weighted by Gasteiger charge is -1.91. The first-order valence-electron chi connectivity index (χ1n) is 3.98. The molecule has 0 aromatic heterocycles. The second-order valence-corrected chi connectivity index (χ2v) is 2.57. The normalized spacial score (nSPS) is 11.7. The second-order valence-electron chi connectivity index (χ2n) is 2.57. The van der Waals surface area contributed by atoms with E-state index < -0.39 is 18.4 Å². The summed E-state index contributed by atoms with van der Waals surface area (Å²) >= 11 is 0. The van der Waals surface area contributed by atoms with E-state index in [4.69, 9.17) is 10.2 Å². The predicted octanol–water partition coefficient (Wildman–Crippen LogP) is 1.60. The maximum Gasteiger partial charge on any atom is 0.331 e. The summed E-state index contributed by atoms with van der Waals surface area (Å²) in [6.45, 7) is 3.01. The molecule has 0 spiro atoms. The van der Waals surface area contributed by atoms with Gasteiger partial charge in [0.05, 0.1) is 6.42 Å². The Labute approximate surface area is 81.9 Å². The van der Waals surface area contributed by atoms with E-state index in [1.807, 2.05) is 0 Å². The van der Waals surface area contributed by atoms with Crippen LogP contribution in [-0.4, -0.2) is 22.2 Å². The Morgan fingerprint density at radius 2 is 1.71 bits per heavy atom. The molecular weight excluding hydrogens is 184 g/mol. The van der Waals surface area contributed by atoms with Crippen LogP contribution in [0.15, 0.2) is 36.5 Å². The van der Waals surface area contributed by atoms with E-state index in [1.54, 1.807) is 0 Å². The summed E-state index contributed by atoms with van der Waals surface area (Å²) in [6.07, 6.45) is 9.00. The molecule has 2 N–H and O–H groups in total. The number of aliphatic carboxylic acids is 2. The minimum absolute atomic E-state index is 0.303. The molecule has 1 aliphatic rings. The van der Waals surface area contributed by atoms with Crippen molar-refractivity contribution in [2.24, 2.45) is 0 Å². The zero-order chi connectivity index (χ0) is 11.0. The molecule has 0 radical (unpaired) electrons. The first-order valence-corrected chi connectivity index (χ1v) is 3.98. The topological polar surface area (TPSA) is 74.6 Å². The molecule has 1 aliphatic carbocycles. The first-order chi connectivity index (χ1) is 6.54. The molecule has 4 heteroatoms. The summed E-state index contributed by atoms with van der Waals surface area (Å²) in [4.78, 5) is 19.7. The Morgan fingerprint density at radius 3 is 1.86 bits per heavy atom. The van der Waals surface area contributed by atoms with Crippen LogP contribution < -0.4 is 0 Å². The third-order valence-electron chi connectivity index (χ3n) is 1.32. The fourth-order valence-electron chi connectivity index (χ4n) is 0.651. The van der Waals surface area contributed by atoms with Gasteiger partial charge in [0.25, 0.3) is 0 Å². The van der Waals surface area contributed by atoms with Gasteiger partial charge in [0.15, 0.2) is 0 Å². The fraction of sp³-hybridized carbons (Fsp3) is 0.200. The summed E-state index contributed by atoms with van der Waals surface area (Å²) in [5.74, 6) is -2.44. The smallest absolute Gasteiger partial charge is 0.331 e. The van der Waals surface area contributed by atoms with Crippen molar-refractivity contribution in [3.8, 4) is 0 Å². The van der Waals surface area contributed by atoms with Gasteiger partial charge in [0.2, 0.25) is 0 Å². The lowest BCUT2D eigenvalue weighted by Crippen LogP contribution is -2.04. The highest BCUT2D eigenvalue weighted by molar-refractivity contribution is 5.91. The molecule has 0 bridgehead atoms. The molecule has 0 aromatic carbocycles. The molecule has 4 nitrogen and oxygen atoms in total. The molecule has 0 fully saturated rings. The number of carboxylic acids is 2. The SMILES string of the molecule is C1=CCC=C1.C=C(CC(=O)O)C(=O)O. The van der Waals surface area contributed by atoms with Crippen molar-refractivity contribution in [3.05, 3.63) is 36.5 Å². The quantitative estimate of drug-likeness (QED) is 0.672. The monoisotopic (exact) mass is 196 g/mol. The van der Waals surface area contributed by atoms with E-state index in [0.717, 1.165) is 6.42 Å². The van der Waals surface area contributed by atoms with Crippen LogP contribution in [0.2, 0.25) is 0 Å². The molecule has 0 saturated carbocycles. The van der Waals surface area contributed by atoms with E-state index in [2.05, 4.69) is 30.9 Å². The van der Waals surface area contributed by atoms with Crippen LogP contribution >= 0.6 is 0 Å². The molecular formula is C10H12O4. The molecule has 0 atom stereocenters. The van der Waals surface area contributed by atoms with Crippen molar-refractivity contribution in [2.75, 3.05) is 0 Å². The minimum Gasteiger partial charge on any atom is -0.481 e. The number of carboxylic acid groups (broad SMARTS) is 2. The summed E-state index contributed by atoms with van der Waals surface area (Å²) in [5, 5.41) is 16.1. The van der Waals surface area contributed by atoms with Gasteiger partial charge in [0.1, 0.15) is 0 Å². The van der Waals surface area contributed by atoms with Gasteiger partial charge in [0, 0.05) is 5.57 Å². The maximum absolute atomic E-state index is 9.87. The van der Waals surface area contributed by atoms with E-state index in [9.17, 15) is 9.59 Å².